The number of oxazole rings is 1. The molecule has 2 atom stereocenters. The molecule has 154 valence electrons. The molecular weight excluding hydrogens is 368 g/mol. The van der Waals surface area contributed by atoms with Gasteiger partial charge in [-0.05, 0) is 36.3 Å². The summed E-state index contributed by atoms with van der Waals surface area (Å²) in [7, 11) is 0. The molecule has 0 radical (unpaired) electrons. The largest absolute Gasteiger partial charge is 0.481 e. The highest BCUT2D eigenvalue weighted by atomic mass is 16.4. The van der Waals surface area contributed by atoms with Crippen molar-refractivity contribution in [2.45, 2.75) is 46.6 Å². The lowest BCUT2D eigenvalue weighted by atomic mass is 9.70. The van der Waals surface area contributed by atoms with Crippen LogP contribution in [0.2, 0.25) is 0 Å². The molecule has 29 heavy (non-hydrogen) atoms. The first kappa shape index (κ1) is 19.7. The van der Waals surface area contributed by atoms with Crippen molar-refractivity contribution < 1.29 is 19.1 Å². The summed E-state index contributed by atoms with van der Waals surface area (Å²) in [5.41, 5.74) is 1.32. The molecule has 2 unspecified atom stereocenters. The highest BCUT2D eigenvalue weighted by Gasteiger charge is 2.50. The van der Waals surface area contributed by atoms with Crippen molar-refractivity contribution in [1.29, 1.82) is 0 Å². The third kappa shape index (κ3) is 3.93. The average Bonchev–Trinajstić information content (AvgIpc) is 3.42. The van der Waals surface area contributed by atoms with Crippen LogP contribution in [-0.4, -0.2) is 33.4 Å². The number of aromatic nitrogens is 1. The van der Waals surface area contributed by atoms with E-state index in [1.807, 2.05) is 51.1 Å². The van der Waals surface area contributed by atoms with Gasteiger partial charge in [-0.25, -0.2) is 4.98 Å². The predicted octanol–water partition coefficient (Wildman–Crippen LogP) is 4.00. The Bertz CT molecular complexity index is 909. The molecule has 0 spiro atoms. The molecule has 4 rings (SSSR count). The zero-order chi connectivity index (χ0) is 20.8. The van der Waals surface area contributed by atoms with Crippen LogP contribution in [0, 0.1) is 23.2 Å². The molecule has 6 nitrogen and oxygen atoms in total. The Hall–Kier alpha value is -2.63. The molecular formula is C23H28N2O4. The number of amides is 1. The van der Waals surface area contributed by atoms with E-state index in [4.69, 9.17) is 4.42 Å². The highest BCUT2D eigenvalue weighted by Crippen LogP contribution is 2.47. The molecule has 6 heteroatoms. The van der Waals surface area contributed by atoms with Crippen LogP contribution in [0.5, 0.6) is 0 Å². The second-order valence-electron chi connectivity index (χ2n) is 9.31. The minimum atomic E-state index is -0.883. The van der Waals surface area contributed by atoms with Gasteiger partial charge < -0.3 is 14.4 Å². The van der Waals surface area contributed by atoms with Gasteiger partial charge in [0.1, 0.15) is 5.76 Å². The first-order valence-corrected chi connectivity index (χ1v) is 10.3. The van der Waals surface area contributed by atoms with Gasteiger partial charge in [0, 0.05) is 18.5 Å². The normalized spacial score (nSPS) is 18.8. The Morgan fingerprint density at radius 1 is 1.21 bits per heavy atom. The van der Waals surface area contributed by atoms with Gasteiger partial charge in [-0.3, -0.25) is 9.59 Å². The Morgan fingerprint density at radius 2 is 1.90 bits per heavy atom. The molecule has 1 aromatic heterocycles. The summed E-state index contributed by atoms with van der Waals surface area (Å²) in [4.78, 5) is 31.9. The topological polar surface area (TPSA) is 83.6 Å². The number of aliphatic carboxylic acids is 1. The van der Waals surface area contributed by atoms with Crippen molar-refractivity contribution in [3.8, 4) is 11.5 Å². The zero-order valence-corrected chi connectivity index (χ0v) is 17.2. The fraction of sp³-hybridized carbons (Fsp3) is 0.522. The SMILES string of the molecule is CC(C)(C)C(C(=O)O)C(C(=O)N1CCc2nc(-c3ccccc3)oc2C1)C1CC1. The number of fused-ring (bicyclic) bond motifs is 1. The second-order valence-corrected chi connectivity index (χ2v) is 9.31. The van der Waals surface area contributed by atoms with E-state index in [1.165, 1.54) is 0 Å². The lowest BCUT2D eigenvalue weighted by Crippen LogP contribution is -2.47. The highest BCUT2D eigenvalue weighted by molar-refractivity contribution is 5.86. The molecule has 2 aromatic rings. The van der Waals surface area contributed by atoms with Crippen LogP contribution in [0.25, 0.3) is 11.5 Å². The molecule has 2 heterocycles. The number of benzene rings is 1. The Morgan fingerprint density at radius 3 is 2.48 bits per heavy atom. The Labute approximate surface area is 170 Å². The zero-order valence-electron chi connectivity index (χ0n) is 17.2. The number of hydrogen-bond acceptors (Lipinski definition) is 4. The number of carboxylic acids is 1. The van der Waals surface area contributed by atoms with Gasteiger partial charge >= 0.3 is 5.97 Å². The van der Waals surface area contributed by atoms with Crippen LogP contribution in [-0.2, 0) is 22.6 Å². The van der Waals surface area contributed by atoms with Crippen molar-refractivity contribution in [1.82, 2.24) is 9.88 Å². The van der Waals surface area contributed by atoms with Gasteiger partial charge in [0.15, 0.2) is 0 Å². The molecule has 2 aliphatic rings. The summed E-state index contributed by atoms with van der Waals surface area (Å²) in [5.74, 6) is -0.671. The van der Waals surface area contributed by atoms with E-state index in [0.717, 1.165) is 24.1 Å². The number of carbonyl (C=O) groups excluding carboxylic acids is 1. The van der Waals surface area contributed by atoms with Gasteiger partial charge in [-0.2, -0.15) is 0 Å². The van der Waals surface area contributed by atoms with Gasteiger partial charge in [0.25, 0.3) is 0 Å². The summed E-state index contributed by atoms with van der Waals surface area (Å²) >= 11 is 0. The summed E-state index contributed by atoms with van der Waals surface area (Å²) in [6.07, 6.45) is 2.48. The molecule has 0 saturated heterocycles. The molecule has 1 aliphatic carbocycles. The number of rotatable bonds is 5. The fourth-order valence-corrected chi connectivity index (χ4v) is 4.43. The fourth-order valence-electron chi connectivity index (χ4n) is 4.43. The average molecular weight is 396 g/mol. The van der Waals surface area contributed by atoms with Gasteiger partial charge in [0.05, 0.1) is 24.1 Å². The second kappa shape index (κ2) is 7.32. The van der Waals surface area contributed by atoms with Crippen LogP contribution < -0.4 is 0 Å². The standard InChI is InChI=1S/C23H28N2O4/c1-23(2,3)19(22(27)28)18(14-9-10-14)21(26)25-12-11-16-17(13-25)29-20(24-16)15-7-5-4-6-8-15/h4-8,14,18-19H,9-13H2,1-3H3,(H,27,28). The molecule has 1 aromatic carbocycles. The monoisotopic (exact) mass is 396 g/mol. The number of carboxylic acid groups (broad SMARTS) is 1. The summed E-state index contributed by atoms with van der Waals surface area (Å²) in [6, 6.07) is 9.72. The first-order valence-electron chi connectivity index (χ1n) is 10.3. The lowest BCUT2D eigenvalue weighted by molar-refractivity contribution is -0.157. The van der Waals surface area contributed by atoms with E-state index in [2.05, 4.69) is 4.98 Å². The maximum absolute atomic E-state index is 13.5. The first-order chi connectivity index (χ1) is 13.8. The summed E-state index contributed by atoms with van der Waals surface area (Å²) in [6.45, 7) is 6.63. The van der Waals surface area contributed by atoms with Crippen LogP contribution in [0.3, 0.4) is 0 Å². The van der Waals surface area contributed by atoms with Crippen LogP contribution in [0.4, 0.5) is 0 Å². The molecule has 1 fully saturated rings. The minimum Gasteiger partial charge on any atom is -0.481 e. The third-order valence-corrected chi connectivity index (χ3v) is 6.04. The summed E-state index contributed by atoms with van der Waals surface area (Å²) < 4.78 is 5.98. The quantitative estimate of drug-likeness (QED) is 0.826. The maximum atomic E-state index is 13.5. The minimum absolute atomic E-state index is 0.0573. The van der Waals surface area contributed by atoms with Crippen molar-refractivity contribution in [2.24, 2.45) is 23.2 Å². The Kier molecular flexibility index (Phi) is 4.97. The van der Waals surface area contributed by atoms with Crippen molar-refractivity contribution in [3.05, 3.63) is 41.8 Å². The van der Waals surface area contributed by atoms with Crippen molar-refractivity contribution in [3.63, 3.8) is 0 Å². The number of carbonyl (C=O) groups is 2. The molecule has 1 N–H and O–H groups in total. The predicted molar refractivity (Wildman–Crippen MR) is 108 cm³/mol. The molecule has 1 saturated carbocycles. The van der Waals surface area contributed by atoms with E-state index in [9.17, 15) is 14.7 Å². The van der Waals surface area contributed by atoms with E-state index in [-0.39, 0.29) is 11.8 Å². The van der Waals surface area contributed by atoms with Crippen molar-refractivity contribution in [2.75, 3.05) is 6.54 Å². The maximum Gasteiger partial charge on any atom is 0.307 e. The van der Waals surface area contributed by atoms with Crippen LogP contribution >= 0.6 is 0 Å². The molecule has 1 amide bonds. The summed E-state index contributed by atoms with van der Waals surface area (Å²) in [5, 5.41) is 9.89. The van der Waals surface area contributed by atoms with Crippen LogP contribution in [0.1, 0.15) is 45.1 Å². The lowest BCUT2D eigenvalue weighted by Gasteiger charge is -2.37. The van der Waals surface area contributed by atoms with E-state index in [0.29, 0.717) is 31.2 Å². The van der Waals surface area contributed by atoms with Gasteiger partial charge in [-0.15, -0.1) is 0 Å². The molecule has 1 aliphatic heterocycles. The van der Waals surface area contributed by atoms with E-state index in [1.54, 1.807) is 4.90 Å². The Balaban J connectivity index is 1.57. The van der Waals surface area contributed by atoms with Gasteiger partial charge in [-0.1, -0.05) is 39.0 Å². The van der Waals surface area contributed by atoms with E-state index < -0.39 is 23.2 Å². The van der Waals surface area contributed by atoms with Crippen molar-refractivity contribution >= 4 is 11.9 Å². The third-order valence-electron chi connectivity index (χ3n) is 6.04. The smallest absolute Gasteiger partial charge is 0.307 e. The van der Waals surface area contributed by atoms with Gasteiger partial charge in [0.2, 0.25) is 11.8 Å². The number of nitrogens with zero attached hydrogens (tertiary/aromatic N) is 2. The van der Waals surface area contributed by atoms with E-state index >= 15 is 0 Å². The number of hydrogen-bond donors (Lipinski definition) is 1. The van der Waals surface area contributed by atoms with Crippen LogP contribution in [0.15, 0.2) is 34.7 Å². The molecule has 0 bridgehead atoms.